The molecule has 2 aromatic rings. The van der Waals surface area contributed by atoms with E-state index in [4.69, 9.17) is 16.3 Å². The Morgan fingerprint density at radius 3 is 2.56 bits per heavy atom. The highest BCUT2D eigenvalue weighted by molar-refractivity contribution is 7.99. The van der Waals surface area contributed by atoms with Gasteiger partial charge in [0.1, 0.15) is 12.4 Å². The molecule has 0 bridgehead atoms. The fourth-order valence-corrected chi connectivity index (χ4v) is 6.19. The summed E-state index contributed by atoms with van der Waals surface area (Å²) in [5, 5.41) is 3.53. The van der Waals surface area contributed by atoms with Crippen molar-refractivity contribution in [3.8, 4) is 5.75 Å². The second-order valence-corrected chi connectivity index (χ2v) is 11.3. The van der Waals surface area contributed by atoms with Crippen LogP contribution in [0.2, 0.25) is 5.02 Å². The number of amides is 1. The number of rotatable bonds is 6. The maximum Gasteiger partial charge on any atom is 0.243 e. The highest BCUT2D eigenvalue weighted by Gasteiger charge is 2.30. The summed E-state index contributed by atoms with van der Waals surface area (Å²) in [6.07, 6.45) is 0. The van der Waals surface area contributed by atoms with Gasteiger partial charge in [0, 0.05) is 54.3 Å². The number of nitrogens with zero attached hydrogens (tertiary/aromatic N) is 2. The molecule has 1 N–H and O–H groups in total. The third kappa shape index (κ3) is 5.40. The second-order valence-electron chi connectivity index (χ2n) is 7.91. The van der Waals surface area contributed by atoms with E-state index in [-0.39, 0.29) is 16.7 Å². The number of nitrogens with one attached hydrogen (secondary N) is 1. The van der Waals surface area contributed by atoms with Crippen LogP contribution in [-0.2, 0) is 14.8 Å². The molecule has 7 nitrogen and oxygen atoms in total. The molecule has 0 unspecified atom stereocenters. The minimum atomic E-state index is -3.63. The highest BCUT2D eigenvalue weighted by atomic mass is 35.5. The van der Waals surface area contributed by atoms with E-state index in [1.807, 2.05) is 19.1 Å². The highest BCUT2D eigenvalue weighted by Crippen LogP contribution is 2.34. The first-order chi connectivity index (χ1) is 15.3. The van der Waals surface area contributed by atoms with Crippen LogP contribution in [0, 0.1) is 5.92 Å². The molecule has 1 atom stereocenters. The number of carbonyl (C=O) groups is 1. The average molecular weight is 496 g/mol. The first kappa shape index (κ1) is 23.4. The van der Waals surface area contributed by atoms with Gasteiger partial charge in [-0.25, -0.2) is 8.42 Å². The van der Waals surface area contributed by atoms with Crippen molar-refractivity contribution in [1.82, 2.24) is 9.21 Å². The Morgan fingerprint density at radius 1 is 1.12 bits per heavy atom. The number of ether oxygens (including phenoxy) is 1. The Kier molecular flexibility index (Phi) is 7.31. The first-order valence-corrected chi connectivity index (χ1v) is 13.3. The quantitative estimate of drug-likeness (QED) is 0.661. The van der Waals surface area contributed by atoms with E-state index in [0.29, 0.717) is 49.2 Å². The van der Waals surface area contributed by atoms with Crippen LogP contribution in [-0.4, -0.2) is 68.6 Å². The van der Waals surface area contributed by atoms with Crippen molar-refractivity contribution < 1.29 is 17.9 Å². The molecule has 4 rings (SSSR count). The minimum absolute atomic E-state index is 0.0831. The Labute approximate surface area is 198 Å². The van der Waals surface area contributed by atoms with Gasteiger partial charge in [-0.15, -0.1) is 11.8 Å². The van der Waals surface area contributed by atoms with Gasteiger partial charge in [-0.3, -0.25) is 9.69 Å². The van der Waals surface area contributed by atoms with Crippen LogP contribution in [0.5, 0.6) is 5.75 Å². The molecule has 10 heteroatoms. The van der Waals surface area contributed by atoms with Gasteiger partial charge in [0.2, 0.25) is 15.9 Å². The van der Waals surface area contributed by atoms with Crippen molar-refractivity contribution in [1.29, 1.82) is 0 Å². The molecule has 32 heavy (non-hydrogen) atoms. The Morgan fingerprint density at radius 2 is 1.84 bits per heavy atom. The summed E-state index contributed by atoms with van der Waals surface area (Å²) in [7, 11) is -3.63. The third-order valence-corrected chi connectivity index (χ3v) is 9.08. The van der Waals surface area contributed by atoms with Crippen molar-refractivity contribution >= 4 is 45.0 Å². The van der Waals surface area contributed by atoms with Crippen LogP contribution in [0.1, 0.15) is 6.92 Å². The van der Waals surface area contributed by atoms with Gasteiger partial charge in [-0.05, 0) is 42.5 Å². The van der Waals surface area contributed by atoms with E-state index < -0.39 is 10.0 Å². The van der Waals surface area contributed by atoms with Crippen LogP contribution in [0.25, 0.3) is 0 Å². The number of piperazine rings is 1. The van der Waals surface area contributed by atoms with Gasteiger partial charge in [-0.1, -0.05) is 18.5 Å². The van der Waals surface area contributed by atoms with Crippen LogP contribution >= 0.6 is 23.4 Å². The number of carbonyl (C=O) groups excluding carboxylic acids is 1. The fraction of sp³-hybridized carbons (Fsp3) is 0.409. The van der Waals surface area contributed by atoms with E-state index in [1.165, 1.54) is 4.31 Å². The summed E-state index contributed by atoms with van der Waals surface area (Å²) < 4.78 is 33.6. The molecule has 1 fully saturated rings. The second kappa shape index (κ2) is 10.0. The lowest BCUT2D eigenvalue weighted by Gasteiger charge is -2.33. The summed E-state index contributed by atoms with van der Waals surface area (Å²) in [5.74, 6) is 1.23. The monoisotopic (exact) mass is 495 g/mol. The zero-order valence-corrected chi connectivity index (χ0v) is 20.2. The van der Waals surface area contributed by atoms with E-state index >= 15 is 0 Å². The van der Waals surface area contributed by atoms with E-state index in [9.17, 15) is 13.2 Å². The molecule has 2 aliphatic rings. The molecule has 0 aliphatic carbocycles. The largest absolute Gasteiger partial charge is 0.492 e. The molecule has 2 aliphatic heterocycles. The number of anilines is 1. The van der Waals surface area contributed by atoms with Crippen LogP contribution in [0.4, 0.5) is 5.69 Å². The van der Waals surface area contributed by atoms with Gasteiger partial charge < -0.3 is 10.1 Å². The molecular formula is C22H26ClN3O4S2. The summed E-state index contributed by atoms with van der Waals surface area (Å²) in [6.45, 7) is 5.21. The Hall–Kier alpha value is -1.78. The van der Waals surface area contributed by atoms with Gasteiger partial charge in [0.25, 0.3) is 0 Å². The molecule has 0 aromatic heterocycles. The zero-order valence-electron chi connectivity index (χ0n) is 17.8. The van der Waals surface area contributed by atoms with Gasteiger partial charge in [-0.2, -0.15) is 4.31 Å². The Bertz CT molecular complexity index is 1070. The smallest absolute Gasteiger partial charge is 0.243 e. The lowest BCUT2D eigenvalue weighted by molar-refractivity contribution is -0.118. The Balaban J connectivity index is 1.33. The maximum atomic E-state index is 13.2. The molecular weight excluding hydrogens is 470 g/mol. The molecule has 1 saturated heterocycles. The molecule has 0 spiro atoms. The molecule has 0 saturated carbocycles. The van der Waals surface area contributed by atoms with Crippen molar-refractivity contribution in [2.45, 2.75) is 16.7 Å². The van der Waals surface area contributed by atoms with Crippen LogP contribution in [0.15, 0.2) is 52.3 Å². The van der Waals surface area contributed by atoms with Crippen molar-refractivity contribution in [3.05, 3.63) is 47.5 Å². The van der Waals surface area contributed by atoms with Crippen LogP contribution in [0.3, 0.4) is 0 Å². The summed E-state index contributed by atoms with van der Waals surface area (Å²) in [4.78, 5) is 15.5. The minimum Gasteiger partial charge on any atom is -0.492 e. The average Bonchev–Trinajstić information content (AvgIpc) is 2.93. The predicted molar refractivity (Wildman–Crippen MR) is 127 cm³/mol. The first-order valence-electron chi connectivity index (χ1n) is 10.5. The SMILES string of the molecule is C[C@H]1CSc2ccc(S(=O)(=O)N3CCN(CCOc4ccc(Cl)cc4)CC3)cc2NC1=O. The van der Waals surface area contributed by atoms with Gasteiger partial charge in [0.15, 0.2) is 0 Å². The summed E-state index contributed by atoms with van der Waals surface area (Å²) in [6, 6.07) is 12.2. The number of thioether (sulfide) groups is 1. The number of hydrogen-bond acceptors (Lipinski definition) is 6. The van der Waals surface area contributed by atoms with Crippen LogP contribution < -0.4 is 10.1 Å². The van der Waals surface area contributed by atoms with Crippen molar-refractivity contribution in [2.24, 2.45) is 5.92 Å². The third-order valence-electron chi connectivity index (χ3n) is 5.60. The van der Waals surface area contributed by atoms with Gasteiger partial charge >= 0.3 is 0 Å². The molecule has 0 radical (unpaired) electrons. The zero-order chi connectivity index (χ0) is 22.7. The molecule has 1 amide bonds. The lowest BCUT2D eigenvalue weighted by Crippen LogP contribution is -2.49. The number of fused-ring (bicyclic) bond motifs is 1. The molecule has 2 heterocycles. The number of halogens is 1. The summed E-state index contributed by atoms with van der Waals surface area (Å²) in [5.41, 5.74) is 0.573. The fourth-order valence-electron chi connectivity index (χ4n) is 3.61. The summed E-state index contributed by atoms with van der Waals surface area (Å²) >= 11 is 7.45. The molecule has 172 valence electrons. The molecule has 2 aromatic carbocycles. The standard InChI is InChI=1S/C22H26ClN3O4S2/c1-16-15-31-21-7-6-19(14-20(21)24-22(16)27)32(28,29)26-10-8-25(9-11-26)12-13-30-18-4-2-17(23)3-5-18/h2-7,14,16H,8-13,15H2,1H3,(H,24,27)/t16-/m0/s1. The van der Waals surface area contributed by atoms with Crippen molar-refractivity contribution in [3.63, 3.8) is 0 Å². The number of sulfonamides is 1. The number of benzene rings is 2. The van der Waals surface area contributed by atoms with E-state index in [1.54, 1.807) is 42.1 Å². The lowest BCUT2D eigenvalue weighted by atomic mass is 10.2. The topological polar surface area (TPSA) is 79.0 Å². The van der Waals surface area contributed by atoms with Crippen molar-refractivity contribution in [2.75, 3.05) is 50.4 Å². The van der Waals surface area contributed by atoms with E-state index in [0.717, 1.165) is 17.2 Å². The number of hydrogen-bond donors (Lipinski definition) is 1. The normalized spacial score (nSPS) is 20.3. The maximum absolute atomic E-state index is 13.2. The van der Waals surface area contributed by atoms with E-state index in [2.05, 4.69) is 10.2 Å². The van der Waals surface area contributed by atoms with Gasteiger partial charge in [0.05, 0.1) is 10.6 Å². The predicted octanol–water partition coefficient (Wildman–Crippen LogP) is 3.41.